The van der Waals surface area contributed by atoms with E-state index in [2.05, 4.69) is 41.4 Å². The van der Waals surface area contributed by atoms with Crippen LogP contribution in [-0.4, -0.2) is 22.1 Å². The lowest BCUT2D eigenvalue weighted by atomic mass is 9.88. The molecule has 3 rings (SSSR count). The highest BCUT2D eigenvalue weighted by Gasteiger charge is 2.26. The molecule has 5 heteroatoms. The summed E-state index contributed by atoms with van der Waals surface area (Å²) in [5.74, 6) is 1.38. The van der Waals surface area contributed by atoms with E-state index in [0.717, 1.165) is 18.4 Å². The van der Waals surface area contributed by atoms with Crippen LogP contribution in [-0.2, 0) is 11.2 Å². The minimum absolute atomic E-state index is 0.0318. The van der Waals surface area contributed by atoms with Crippen LogP contribution in [0, 0.1) is 5.92 Å². The van der Waals surface area contributed by atoms with Gasteiger partial charge in [-0.1, -0.05) is 49.3 Å². The van der Waals surface area contributed by atoms with E-state index in [9.17, 15) is 4.79 Å². The second kappa shape index (κ2) is 6.30. The molecule has 1 N–H and O–H groups in total. The molecule has 0 bridgehead atoms. The molecule has 1 aromatic carbocycles. The van der Waals surface area contributed by atoms with Crippen LogP contribution in [0.2, 0.25) is 0 Å². The highest BCUT2D eigenvalue weighted by atomic mass is 16.5. The number of carbonyl (C=O) groups excluding carboxylic acids is 1. The molecule has 1 aromatic heterocycles. The van der Waals surface area contributed by atoms with E-state index in [1.165, 1.54) is 0 Å². The predicted octanol–water partition coefficient (Wildman–Crippen LogP) is 2.68. The van der Waals surface area contributed by atoms with Crippen molar-refractivity contribution in [3.05, 3.63) is 47.6 Å². The quantitative estimate of drug-likeness (QED) is 0.890. The standard InChI is InChI=1S/C17H21N3O2/c1-11(2)16(12-6-4-3-5-7-12)17-19-14(20-22-17)10-15(21)18-13-8-9-13/h3-7,11,13,16H,8-10H2,1-2H3,(H,18,21). The van der Waals surface area contributed by atoms with Gasteiger partial charge in [-0.05, 0) is 24.3 Å². The van der Waals surface area contributed by atoms with Gasteiger partial charge in [0, 0.05) is 6.04 Å². The van der Waals surface area contributed by atoms with Crippen LogP contribution in [0.1, 0.15) is 49.9 Å². The smallest absolute Gasteiger partial charge is 0.234 e. The Labute approximate surface area is 130 Å². The van der Waals surface area contributed by atoms with E-state index in [0.29, 0.717) is 23.7 Å². The summed E-state index contributed by atoms with van der Waals surface area (Å²) < 4.78 is 5.42. The van der Waals surface area contributed by atoms with Gasteiger partial charge in [0.05, 0.1) is 12.3 Å². The van der Waals surface area contributed by atoms with Crippen molar-refractivity contribution < 1.29 is 9.32 Å². The molecule has 0 radical (unpaired) electrons. The summed E-state index contributed by atoms with van der Waals surface area (Å²) in [6.07, 6.45) is 2.33. The van der Waals surface area contributed by atoms with Crippen molar-refractivity contribution in [2.24, 2.45) is 5.92 Å². The van der Waals surface area contributed by atoms with Crippen LogP contribution < -0.4 is 5.32 Å². The van der Waals surface area contributed by atoms with Crippen molar-refractivity contribution in [2.45, 2.75) is 45.1 Å². The minimum atomic E-state index is -0.0318. The van der Waals surface area contributed by atoms with Gasteiger partial charge in [0.25, 0.3) is 0 Å². The Bertz CT molecular complexity index is 632. The Morgan fingerprint density at radius 1 is 1.32 bits per heavy atom. The van der Waals surface area contributed by atoms with Gasteiger partial charge in [0.1, 0.15) is 0 Å². The molecule has 0 aliphatic heterocycles. The molecule has 1 saturated carbocycles. The monoisotopic (exact) mass is 299 g/mol. The fraction of sp³-hybridized carbons (Fsp3) is 0.471. The maximum Gasteiger partial charge on any atom is 0.234 e. The van der Waals surface area contributed by atoms with Crippen LogP contribution in [0.15, 0.2) is 34.9 Å². The van der Waals surface area contributed by atoms with Crippen LogP contribution in [0.25, 0.3) is 0 Å². The van der Waals surface area contributed by atoms with Crippen LogP contribution in [0.4, 0.5) is 0 Å². The van der Waals surface area contributed by atoms with Gasteiger partial charge < -0.3 is 9.84 Å². The number of rotatable bonds is 6. The van der Waals surface area contributed by atoms with Gasteiger partial charge in [-0.15, -0.1) is 0 Å². The Morgan fingerprint density at radius 2 is 2.05 bits per heavy atom. The molecule has 1 fully saturated rings. The Hall–Kier alpha value is -2.17. The summed E-state index contributed by atoms with van der Waals surface area (Å²) in [5.41, 5.74) is 1.15. The SMILES string of the molecule is CC(C)C(c1ccccc1)c1nc(CC(=O)NC2CC2)no1. The van der Waals surface area contributed by atoms with Crippen molar-refractivity contribution in [1.82, 2.24) is 15.5 Å². The maximum atomic E-state index is 11.8. The molecule has 0 saturated heterocycles. The molecule has 1 atom stereocenters. The van der Waals surface area contributed by atoms with Gasteiger partial charge in [0.2, 0.25) is 11.8 Å². The molecular formula is C17H21N3O2. The third-order valence-corrected chi connectivity index (χ3v) is 3.84. The van der Waals surface area contributed by atoms with Crippen LogP contribution >= 0.6 is 0 Å². The maximum absolute atomic E-state index is 11.8. The Balaban J connectivity index is 1.74. The van der Waals surface area contributed by atoms with E-state index in [4.69, 9.17) is 4.52 Å². The van der Waals surface area contributed by atoms with Gasteiger partial charge in [-0.25, -0.2) is 0 Å². The largest absolute Gasteiger partial charge is 0.353 e. The molecular weight excluding hydrogens is 278 g/mol. The first-order valence-corrected chi connectivity index (χ1v) is 7.80. The highest BCUT2D eigenvalue weighted by Crippen LogP contribution is 2.30. The number of nitrogens with one attached hydrogen (secondary N) is 1. The van der Waals surface area contributed by atoms with Gasteiger partial charge >= 0.3 is 0 Å². The first-order chi connectivity index (χ1) is 10.6. The lowest BCUT2D eigenvalue weighted by Gasteiger charge is -2.16. The molecule has 1 amide bonds. The number of amides is 1. The summed E-state index contributed by atoms with van der Waals surface area (Å²) >= 11 is 0. The van der Waals surface area contributed by atoms with Crippen molar-refractivity contribution in [3.63, 3.8) is 0 Å². The van der Waals surface area contributed by atoms with Gasteiger partial charge in [-0.3, -0.25) is 4.79 Å². The summed E-state index contributed by atoms with van der Waals surface area (Å²) in [6.45, 7) is 4.25. The number of hydrogen-bond acceptors (Lipinski definition) is 4. The Kier molecular flexibility index (Phi) is 4.22. The third kappa shape index (κ3) is 3.53. The summed E-state index contributed by atoms with van der Waals surface area (Å²) in [7, 11) is 0. The second-order valence-electron chi connectivity index (χ2n) is 6.20. The summed E-state index contributed by atoms with van der Waals surface area (Å²) in [6, 6.07) is 10.5. The number of benzene rings is 1. The minimum Gasteiger partial charge on any atom is -0.353 e. The normalized spacial score (nSPS) is 15.8. The highest BCUT2D eigenvalue weighted by molar-refractivity contribution is 5.78. The lowest BCUT2D eigenvalue weighted by molar-refractivity contribution is -0.120. The third-order valence-electron chi connectivity index (χ3n) is 3.84. The van der Waals surface area contributed by atoms with Gasteiger partial charge in [0.15, 0.2) is 5.82 Å². The molecule has 1 aliphatic rings. The van der Waals surface area contributed by atoms with Crippen molar-refractivity contribution in [2.75, 3.05) is 0 Å². The van der Waals surface area contributed by atoms with Crippen molar-refractivity contribution in [1.29, 1.82) is 0 Å². The molecule has 0 spiro atoms. The van der Waals surface area contributed by atoms with Gasteiger partial charge in [-0.2, -0.15) is 4.98 Å². The fourth-order valence-electron chi connectivity index (χ4n) is 2.59. The number of aromatic nitrogens is 2. The second-order valence-corrected chi connectivity index (χ2v) is 6.20. The van der Waals surface area contributed by atoms with Crippen LogP contribution in [0.3, 0.4) is 0 Å². The van der Waals surface area contributed by atoms with E-state index < -0.39 is 0 Å². The number of carbonyl (C=O) groups is 1. The van der Waals surface area contributed by atoms with Crippen molar-refractivity contribution >= 4 is 5.91 Å². The fourth-order valence-corrected chi connectivity index (χ4v) is 2.59. The number of nitrogens with zero attached hydrogens (tertiary/aromatic N) is 2. The molecule has 2 aromatic rings. The molecule has 1 heterocycles. The molecule has 1 unspecified atom stereocenters. The zero-order chi connectivity index (χ0) is 15.5. The lowest BCUT2D eigenvalue weighted by Crippen LogP contribution is -2.27. The van der Waals surface area contributed by atoms with Crippen LogP contribution in [0.5, 0.6) is 0 Å². The molecule has 22 heavy (non-hydrogen) atoms. The average molecular weight is 299 g/mol. The zero-order valence-corrected chi connectivity index (χ0v) is 13.0. The zero-order valence-electron chi connectivity index (χ0n) is 13.0. The predicted molar refractivity (Wildman–Crippen MR) is 82.3 cm³/mol. The molecule has 1 aliphatic carbocycles. The first-order valence-electron chi connectivity index (χ1n) is 7.80. The summed E-state index contributed by atoms with van der Waals surface area (Å²) in [5, 5.41) is 6.90. The van der Waals surface area contributed by atoms with E-state index >= 15 is 0 Å². The molecule has 5 nitrogen and oxygen atoms in total. The first kappa shape index (κ1) is 14.8. The number of hydrogen-bond donors (Lipinski definition) is 1. The topological polar surface area (TPSA) is 68.0 Å². The van der Waals surface area contributed by atoms with E-state index in [1.54, 1.807) is 0 Å². The van der Waals surface area contributed by atoms with Crippen molar-refractivity contribution in [3.8, 4) is 0 Å². The average Bonchev–Trinajstić information content (AvgIpc) is 3.18. The Morgan fingerprint density at radius 3 is 2.68 bits per heavy atom. The van der Waals surface area contributed by atoms with E-state index in [1.807, 2.05) is 18.2 Å². The summed E-state index contributed by atoms with van der Waals surface area (Å²) in [4.78, 5) is 16.3. The van der Waals surface area contributed by atoms with E-state index in [-0.39, 0.29) is 18.2 Å². The molecule has 116 valence electrons.